The molecule has 0 heterocycles. The number of ether oxygens (including phenoxy) is 2. The molecule has 1 aromatic rings. The molecule has 0 bridgehead atoms. The van der Waals surface area contributed by atoms with Gasteiger partial charge in [0.25, 0.3) is 0 Å². The van der Waals surface area contributed by atoms with Crippen molar-refractivity contribution in [1.29, 1.82) is 0 Å². The molecule has 0 aliphatic carbocycles. The van der Waals surface area contributed by atoms with Crippen molar-refractivity contribution in [3.8, 4) is 5.75 Å². The summed E-state index contributed by atoms with van der Waals surface area (Å²) in [5, 5.41) is 0. The fourth-order valence-corrected chi connectivity index (χ4v) is 2.29. The first kappa shape index (κ1) is 14.6. The van der Waals surface area contributed by atoms with E-state index in [2.05, 4.69) is 6.07 Å². The Bertz CT molecular complexity index is 424. The van der Waals surface area contributed by atoms with Gasteiger partial charge in [-0.3, -0.25) is 4.79 Å². The Morgan fingerprint density at radius 2 is 1.94 bits per heavy atom. The fraction of sp³-hybridized carbons (Fsp3) is 0.533. The van der Waals surface area contributed by atoms with Gasteiger partial charge >= 0.3 is 5.97 Å². The van der Waals surface area contributed by atoms with Gasteiger partial charge in [0.2, 0.25) is 0 Å². The van der Waals surface area contributed by atoms with Crippen LogP contribution in [-0.4, -0.2) is 19.7 Å². The molecule has 0 saturated carbocycles. The molecule has 0 radical (unpaired) electrons. The number of methoxy groups -OCH3 is 1. The Hall–Kier alpha value is -1.51. The Labute approximate surface area is 109 Å². The molecule has 3 heteroatoms. The van der Waals surface area contributed by atoms with Crippen LogP contribution in [0.5, 0.6) is 5.75 Å². The van der Waals surface area contributed by atoms with Crippen LogP contribution in [0.3, 0.4) is 0 Å². The van der Waals surface area contributed by atoms with E-state index in [-0.39, 0.29) is 11.9 Å². The molecule has 0 saturated heterocycles. The maximum Gasteiger partial charge on any atom is 0.313 e. The molecule has 18 heavy (non-hydrogen) atoms. The third-order valence-corrected chi connectivity index (χ3v) is 3.04. The van der Waals surface area contributed by atoms with Crippen LogP contribution >= 0.6 is 0 Å². The van der Waals surface area contributed by atoms with Crippen LogP contribution in [0.2, 0.25) is 0 Å². The van der Waals surface area contributed by atoms with Crippen molar-refractivity contribution < 1.29 is 14.3 Å². The molecule has 0 fully saturated rings. The standard InChI is InChI=1S/C15H22O3/c1-6-12(15(16)18-7-2)14-11(4)8-10(3)9-13(14)17-5/h8-9,12H,6-7H2,1-5H3. The maximum absolute atomic E-state index is 12.0. The molecule has 1 rings (SSSR count). The summed E-state index contributed by atoms with van der Waals surface area (Å²) in [6.07, 6.45) is 0.707. The van der Waals surface area contributed by atoms with Crippen LogP contribution in [0.4, 0.5) is 0 Å². The molecular formula is C15H22O3. The Morgan fingerprint density at radius 3 is 2.44 bits per heavy atom. The largest absolute Gasteiger partial charge is 0.496 e. The predicted molar refractivity (Wildman–Crippen MR) is 72.1 cm³/mol. The lowest BCUT2D eigenvalue weighted by Crippen LogP contribution is -2.17. The summed E-state index contributed by atoms with van der Waals surface area (Å²) in [5.74, 6) is 0.346. The van der Waals surface area contributed by atoms with Crippen LogP contribution in [0, 0.1) is 13.8 Å². The van der Waals surface area contributed by atoms with Crippen LogP contribution in [0.1, 0.15) is 42.9 Å². The zero-order valence-electron chi connectivity index (χ0n) is 11.9. The number of carbonyl (C=O) groups excluding carboxylic acids is 1. The van der Waals surface area contributed by atoms with E-state index in [0.29, 0.717) is 13.0 Å². The van der Waals surface area contributed by atoms with Crippen molar-refractivity contribution in [2.45, 2.75) is 40.0 Å². The van der Waals surface area contributed by atoms with Crippen molar-refractivity contribution in [3.05, 3.63) is 28.8 Å². The highest BCUT2D eigenvalue weighted by Gasteiger charge is 2.25. The first-order chi connectivity index (χ1) is 8.54. The lowest BCUT2D eigenvalue weighted by molar-refractivity contribution is -0.145. The van der Waals surface area contributed by atoms with Crippen molar-refractivity contribution in [1.82, 2.24) is 0 Å². The van der Waals surface area contributed by atoms with Gasteiger partial charge in [-0.25, -0.2) is 0 Å². The average molecular weight is 250 g/mol. The summed E-state index contributed by atoms with van der Waals surface area (Å²) < 4.78 is 10.5. The topological polar surface area (TPSA) is 35.5 Å². The van der Waals surface area contributed by atoms with Gasteiger partial charge in [-0.1, -0.05) is 13.0 Å². The number of esters is 1. The average Bonchev–Trinajstić information content (AvgIpc) is 2.32. The van der Waals surface area contributed by atoms with E-state index in [1.54, 1.807) is 7.11 Å². The highest BCUT2D eigenvalue weighted by molar-refractivity contribution is 5.80. The second-order valence-electron chi connectivity index (χ2n) is 4.41. The van der Waals surface area contributed by atoms with E-state index in [1.165, 1.54) is 0 Å². The number of carbonyl (C=O) groups is 1. The minimum absolute atomic E-state index is 0.176. The maximum atomic E-state index is 12.0. The van der Waals surface area contributed by atoms with Gasteiger partial charge in [-0.15, -0.1) is 0 Å². The molecule has 3 nitrogen and oxygen atoms in total. The lowest BCUT2D eigenvalue weighted by atomic mass is 9.90. The number of hydrogen-bond acceptors (Lipinski definition) is 3. The van der Waals surface area contributed by atoms with Gasteiger partial charge in [0, 0.05) is 5.56 Å². The minimum Gasteiger partial charge on any atom is -0.496 e. The lowest BCUT2D eigenvalue weighted by Gasteiger charge is -2.20. The van der Waals surface area contributed by atoms with E-state index in [1.807, 2.05) is 33.8 Å². The van der Waals surface area contributed by atoms with Crippen molar-refractivity contribution >= 4 is 5.97 Å². The molecule has 1 unspecified atom stereocenters. The highest BCUT2D eigenvalue weighted by atomic mass is 16.5. The summed E-state index contributed by atoms with van der Waals surface area (Å²) in [6.45, 7) is 8.24. The normalized spacial score (nSPS) is 12.1. The number of benzene rings is 1. The third kappa shape index (κ3) is 3.03. The molecule has 0 amide bonds. The van der Waals surface area contributed by atoms with E-state index < -0.39 is 0 Å². The summed E-state index contributed by atoms with van der Waals surface area (Å²) in [4.78, 5) is 12.0. The zero-order valence-corrected chi connectivity index (χ0v) is 11.9. The molecule has 0 aliphatic heterocycles. The number of aryl methyl sites for hydroxylation is 2. The van der Waals surface area contributed by atoms with Gasteiger partial charge in [0.15, 0.2) is 0 Å². The number of hydrogen-bond donors (Lipinski definition) is 0. The Balaban J connectivity index is 3.24. The molecule has 0 aliphatic rings. The van der Waals surface area contributed by atoms with Crippen LogP contribution < -0.4 is 4.74 Å². The quantitative estimate of drug-likeness (QED) is 0.752. The first-order valence-corrected chi connectivity index (χ1v) is 6.36. The van der Waals surface area contributed by atoms with E-state index in [9.17, 15) is 4.79 Å². The molecule has 100 valence electrons. The second-order valence-corrected chi connectivity index (χ2v) is 4.41. The molecule has 1 atom stereocenters. The van der Waals surface area contributed by atoms with Crippen molar-refractivity contribution in [2.24, 2.45) is 0 Å². The van der Waals surface area contributed by atoms with Gasteiger partial charge < -0.3 is 9.47 Å². The van der Waals surface area contributed by atoms with Crippen LogP contribution in [-0.2, 0) is 9.53 Å². The second kappa shape index (κ2) is 6.43. The summed E-state index contributed by atoms with van der Waals surface area (Å²) in [6, 6.07) is 4.03. The molecule has 1 aromatic carbocycles. The predicted octanol–water partition coefficient (Wildman–Crippen LogP) is 3.37. The molecule has 0 spiro atoms. The van der Waals surface area contributed by atoms with Gasteiger partial charge in [0.05, 0.1) is 19.6 Å². The van der Waals surface area contributed by atoms with Crippen LogP contribution in [0.25, 0.3) is 0 Å². The van der Waals surface area contributed by atoms with Crippen molar-refractivity contribution in [3.63, 3.8) is 0 Å². The smallest absolute Gasteiger partial charge is 0.313 e. The van der Waals surface area contributed by atoms with E-state index in [4.69, 9.17) is 9.47 Å². The van der Waals surface area contributed by atoms with Gasteiger partial charge in [-0.2, -0.15) is 0 Å². The van der Waals surface area contributed by atoms with E-state index in [0.717, 1.165) is 22.4 Å². The SMILES string of the molecule is CCOC(=O)C(CC)c1c(C)cc(C)cc1OC. The van der Waals surface area contributed by atoms with Crippen molar-refractivity contribution in [2.75, 3.05) is 13.7 Å². The monoisotopic (exact) mass is 250 g/mol. The Kier molecular flexibility index (Phi) is 5.20. The minimum atomic E-state index is -0.250. The molecule has 0 N–H and O–H groups in total. The summed E-state index contributed by atoms with van der Waals surface area (Å²) >= 11 is 0. The van der Waals surface area contributed by atoms with Gasteiger partial charge in [0.1, 0.15) is 5.75 Å². The Morgan fingerprint density at radius 1 is 1.28 bits per heavy atom. The summed E-state index contributed by atoms with van der Waals surface area (Å²) in [5.41, 5.74) is 3.16. The fourth-order valence-electron chi connectivity index (χ4n) is 2.29. The van der Waals surface area contributed by atoms with Crippen LogP contribution in [0.15, 0.2) is 12.1 Å². The molecular weight excluding hydrogens is 228 g/mol. The first-order valence-electron chi connectivity index (χ1n) is 6.36. The van der Waals surface area contributed by atoms with E-state index >= 15 is 0 Å². The van der Waals surface area contributed by atoms with Gasteiger partial charge in [-0.05, 0) is 44.4 Å². The third-order valence-electron chi connectivity index (χ3n) is 3.04. The molecule has 0 aromatic heterocycles. The summed E-state index contributed by atoms with van der Waals surface area (Å²) in [7, 11) is 1.63. The highest BCUT2D eigenvalue weighted by Crippen LogP contribution is 2.34. The number of rotatable bonds is 5. The zero-order chi connectivity index (χ0) is 13.7.